The minimum atomic E-state index is -0.958. The van der Waals surface area contributed by atoms with Gasteiger partial charge in [0.15, 0.2) is 0 Å². The average Bonchev–Trinajstić information content (AvgIpc) is 2.89. The van der Waals surface area contributed by atoms with Gasteiger partial charge in [0.05, 0.1) is 10.7 Å². The number of aliphatic carboxylic acids is 1. The van der Waals surface area contributed by atoms with E-state index in [1.54, 1.807) is 12.1 Å². The predicted molar refractivity (Wildman–Crippen MR) is 82.3 cm³/mol. The largest absolute Gasteiger partial charge is 0.478 e. The lowest BCUT2D eigenvalue weighted by Gasteiger charge is -2.27. The van der Waals surface area contributed by atoms with Gasteiger partial charge in [0.2, 0.25) is 0 Å². The van der Waals surface area contributed by atoms with Gasteiger partial charge in [0, 0.05) is 24.9 Å². The Kier molecular flexibility index (Phi) is 4.77. The summed E-state index contributed by atoms with van der Waals surface area (Å²) in [6, 6.07) is 6.17. The molecule has 1 aliphatic rings. The van der Waals surface area contributed by atoms with Crippen molar-refractivity contribution in [1.29, 1.82) is 0 Å². The van der Waals surface area contributed by atoms with Crippen molar-refractivity contribution in [3.8, 4) is 0 Å². The number of halogens is 1. The second-order valence-corrected chi connectivity index (χ2v) is 6.07. The van der Waals surface area contributed by atoms with Crippen LogP contribution in [0.5, 0.6) is 0 Å². The Morgan fingerprint density at radius 2 is 2.37 bits per heavy atom. The van der Waals surface area contributed by atoms with Crippen LogP contribution in [0.2, 0.25) is 5.02 Å². The highest BCUT2D eigenvalue weighted by molar-refractivity contribution is 7.99. The molecule has 0 radical (unpaired) electrons. The third-order valence-corrected chi connectivity index (χ3v) is 4.67. The summed E-state index contributed by atoms with van der Waals surface area (Å²) in [4.78, 5) is 12.7. The molecule has 1 heterocycles. The molecular weight excluding hydrogens is 282 g/mol. The molecule has 0 aromatic heterocycles. The highest BCUT2D eigenvalue weighted by Gasteiger charge is 2.21. The van der Waals surface area contributed by atoms with E-state index in [9.17, 15) is 4.79 Å². The first-order valence-corrected chi connectivity index (χ1v) is 7.62. The van der Waals surface area contributed by atoms with Gasteiger partial charge < -0.3 is 10.0 Å². The zero-order valence-corrected chi connectivity index (χ0v) is 12.2. The first-order valence-electron chi connectivity index (χ1n) is 6.09. The van der Waals surface area contributed by atoms with Gasteiger partial charge in [-0.2, -0.15) is 11.8 Å². The first kappa shape index (κ1) is 14.3. The van der Waals surface area contributed by atoms with Crippen LogP contribution < -0.4 is 4.90 Å². The molecular formula is C14H16ClNO2S. The van der Waals surface area contributed by atoms with E-state index >= 15 is 0 Å². The van der Waals surface area contributed by atoms with E-state index in [1.807, 2.05) is 23.9 Å². The Labute approximate surface area is 122 Å². The molecule has 3 nitrogen and oxygen atoms in total. The molecule has 0 saturated carbocycles. The Bertz CT molecular complexity index is 498. The molecule has 1 unspecified atom stereocenters. The van der Waals surface area contributed by atoms with E-state index < -0.39 is 5.97 Å². The quantitative estimate of drug-likeness (QED) is 0.865. The van der Waals surface area contributed by atoms with E-state index in [0.717, 1.165) is 23.1 Å². The van der Waals surface area contributed by atoms with Crippen molar-refractivity contribution in [2.24, 2.45) is 0 Å². The molecule has 1 aromatic carbocycles. The number of benzene rings is 1. The maximum atomic E-state index is 10.5. The topological polar surface area (TPSA) is 40.5 Å². The average molecular weight is 298 g/mol. The molecule has 1 fully saturated rings. The van der Waals surface area contributed by atoms with Crippen LogP contribution in [0.3, 0.4) is 0 Å². The maximum Gasteiger partial charge on any atom is 0.328 e. The van der Waals surface area contributed by atoms with Crippen molar-refractivity contribution >= 4 is 41.1 Å². The molecule has 102 valence electrons. The number of rotatable bonds is 4. The molecule has 1 saturated heterocycles. The van der Waals surface area contributed by atoms with Crippen molar-refractivity contribution in [3.05, 3.63) is 34.9 Å². The van der Waals surface area contributed by atoms with Crippen LogP contribution in [-0.4, -0.2) is 35.7 Å². The van der Waals surface area contributed by atoms with Crippen LogP contribution in [0.15, 0.2) is 24.3 Å². The van der Waals surface area contributed by atoms with Crippen LogP contribution in [0.4, 0.5) is 5.69 Å². The smallest absolute Gasteiger partial charge is 0.328 e. The monoisotopic (exact) mass is 297 g/mol. The lowest BCUT2D eigenvalue weighted by atomic mass is 10.1. The van der Waals surface area contributed by atoms with Crippen molar-refractivity contribution < 1.29 is 9.90 Å². The van der Waals surface area contributed by atoms with Crippen molar-refractivity contribution in [3.63, 3.8) is 0 Å². The maximum absolute atomic E-state index is 10.5. The Hall–Kier alpha value is -1.13. The fourth-order valence-corrected chi connectivity index (χ4v) is 3.69. The standard InChI is InChI=1S/C14H16ClNO2S/c1-16(11-6-7-19-9-11)13-4-2-10(8-12(13)15)3-5-14(17)18/h2-5,8,11H,6-7,9H2,1H3,(H,17,18)/b5-3+. The molecule has 5 heteroatoms. The molecule has 0 bridgehead atoms. The van der Waals surface area contributed by atoms with E-state index in [1.165, 1.54) is 12.2 Å². The molecule has 1 N–H and O–H groups in total. The van der Waals surface area contributed by atoms with Crippen LogP contribution in [0.1, 0.15) is 12.0 Å². The summed E-state index contributed by atoms with van der Waals surface area (Å²) in [6.07, 6.45) is 3.84. The number of anilines is 1. The molecule has 1 aliphatic heterocycles. The third-order valence-electron chi connectivity index (χ3n) is 3.22. The highest BCUT2D eigenvalue weighted by Crippen LogP contribution is 2.31. The minimum Gasteiger partial charge on any atom is -0.478 e. The first-order chi connectivity index (χ1) is 9.08. The Morgan fingerprint density at radius 1 is 1.58 bits per heavy atom. The summed E-state index contributed by atoms with van der Waals surface area (Å²) in [7, 11) is 2.06. The van der Waals surface area contributed by atoms with Gasteiger partial charge in [0.1, 0.15) is 0 Å². The van der Waals surface area contributed by atoms with Crippen LogP contribution in [0.25, 0.3) is 6.08 Å². The molecule has 0 amide bonds. The zero-order chi connectivity index (χ0) is 13.8. The van der Waals surface area contributed by atoms with E-state index in [4.69, 9.17) is 16.7 Å². The Morgan fingerprint density at radius 3 is 2.95 bits per heavy atom. The Balaban J connectivity index is 2.16. The summed E-state index contributed by atoms with van der Waals surface area (Å²) in [5, 5.41) is 9.26. The molecule has 0 aliphatic carbocycles. The van der Waals surface area contributed by atoms with Gasteiger partial charge in [0.25, 0.3) is 0 Å². The summed E-state index contributed by atoms with van der Waals surface area (Å²) in [5.41, 5.74) is 1.80. The summed E-state index contributed by atoms with van der Waals surface area (Å²) < 4.78 is 0. The fourth-order valence-electron chi connectivity index (χ4n) is 2.10. The highest BCUT2D eigenvalue weighted by atomic mass is 35.5. The van der Waals surface area contributed by atoms with Crippen LogP contribution >= 0.6 is 23.4 Å². The molecule has 1 aromatic rings. The number of hydrogen-bond donors (Lipinski definition) is 1. The van der Waals surface area contributed by atoms with Gasteiger partial charge in [-0.25, -0.2) is 4.79 Å². The lowest BCUT2D eigenvalue weighted by Crippen LogP contribution is -2.31. The summed E-state index contributed by atoms with van der Waals surface area (Å²) >= 11 is 8.25. The van der Waals surface area contributed by atoms with Crippen molar-refractivity contribution in [2.75, 3.05) is 23.5 Å². The SMILES string of the molecule is CN(c1ccc(/C=C/C(=O)O)cc1Cl)C1CCSC1. The number of carbonyl (C=O) groups is 1. The molecule has 0 spiro atoms. The summed E-state index contributed by atoms with van der Waals surface area (Å²) in [5.74, 6) is 1.37. The number of carboxylic acid groups (broad SMARTS) is 1. The normalized spacial score (nSPS) is 18.9. The molecule has 19 heavy (non-hydrogen) atoms. The summed E-state index contributed by atoms with van der Waals surface area (Å²) in [6.45, 7) is 0. The molecule has 1 atom stereocenters. The van der Waals surface area contributed by atoms with Gasteiger partial charge in [-0.05, 0) is 35.9 Å². The van der Waals surface area contributed by atoms with Gasteiger partial charge >= 0.3 is 5.97 Å². The fraction of sp³-hybridized carbons (Fsp3) is 0.357. The van der Waals surface area contributed by atoms with Crippen LogP contribution in [0, 0.1) is 0 Å². The predicted octanol–water partition coefficient (Wildman–Crippen LogP) is 3.38. The number of thioether (sulfide) groups is 1. The molecule has 2 rings (SSSR count). The zero-order valence-electron chi connectivity index (χ0n) is 10.7. The second kappa shape index (κ2) is 6.35. The second-order valence-electron chi connectivity index (χ2n) is 4.51. The number of nitrogens with zero attached hydrogens (tertiary/aromatic N) is 1. The van der Waals surface area contributed by atoms with Gasteiger partial charge in [-0.15, -0.1) is 0 Å². The van der Waals surface area contributed by atoms with Gasteiger partial charge in [-0.3, -0.25) is 0 Å². The van der Waals surface area contributed by atoms with Crippen molar-refractivity contribution in [2.45, 2.75) is 12.5 Å². The number of carboxylic acids is 1. The lowest BCUT2D eigenvalue weighted by molar-refractivity contribution is -0.131. The van der Waals surface area contributed by atoms with E-state index in [2.05, 4.69) is 11.9 Å². The van der Waals surface area contributed by atoms with Crippen molar-refractivity contribution in [1.82, 2.24) is 0 Å². The van der Waals surface area contributed by atoms with E-state index in [0.29, 0.717) is 11.1 Å². The number of hydrogen-bond acceptors (Lipinski definition) is 3. The minimum absolute atomic E-state index is 0.530. The third kappa shape index (κ3) is 3.67. The van der Waals surface area contributed by atoms with Gasteiger partial charge in [-0.1, -0.05) is 17.7 Å². The van der Waals surface area contributed by atoms with E-state index in [-0.39, 0.29) is 0 Å². The van der Waals surface area contributed by atoms with Crippen LogP contribution in [-0.2, 0) is 4.79 Å².